The number of rotatable bonds is 7. The fraction of sp³-hybridized carbons (Fsp3) is 0.500. The maximum atomic E-state index is 12.6. The zero-order valence-corrected chi connectivity index (χ0v) is 11.9. The second kappa shape index (κ2) is 6.53. The number of benzene rings is 1. The van der Waals surface area contributed by atoms with E-state index in [-0.39, 0.29) is 36.4 Å². The molecule has 21 heavy (non-hydrogen) atoms. The van der Waals surface area contributed by atoms with E-state index in [1.54, 1.807) is 11.0 Å². The van der Waals surface area contributed by atoms with Crippen molar-refractivity contribution in [2.75, 3.05) is 25.0 Å². The monoisotopic (exact) mass is 293 g/mol. The molecule has 7 nitrogen and oxygen atoms in total. The summed E-state index contributed by atoms with van der Waals surface area (Å²) in [6, 6.07) is 4.37. The summed E-state index contributed by atoms with van der Waals surface area (Å²) in [5, 5.41) is 23.1. The van der Waals surface area contributed by atoms with Crippen molar-refractivity contribution in [2.24, 2.45) is 0 Å². The fourth-order valence-corrected chi connectivity index (χ4v) is 2.27. The number of carbonyl (C=O) groups is 1. The highest BCUT2D eigenvalue weighted by Crippen LogP contribution is 2.30. The maximum absolute atomic E-state index is 12.6. The van der Waals surface area contributed by atoms with E-state index in [2.05, 4.69) is 5.32 Å². The van der Waals surface area contributed by atoms with Crippen LogP contribution in [-0.2, 0) is 0 Å². The van der Waals surface area contributed by atoms with Gasteiger partial charge in [0.15, 0.2) is 0 Å². The van der Waals surface area contributed by atoms with Crippen LogP contribution in [0.2, 0.25) is 0 Å². The van der Waals surface area contributed by atoms with Crippen molar-refractivity contribution in [1.29, 1.82) is 0 Å². The van der Waals surface area contributed by atoms with Crippen LogP contribution in [0, 0.1) is 10.1 Å². The van der Waals surface area contributed by atoms with Gasteiger partial charge in [0.25, 0.3) is 11.6 Å². The van der Waals surface area contributed by atoms with E-state index in [4.69, 9.17) is 5.11 Å². The minimum Gasteiger partial charge on any atom is -0.395 e. The molecule has 0 saturated heterocycles. The summed E-state index contributed by atoms with van der Waals surface area (Å²) in [7, 11) is 0. The van der Waals surface area contributed by atoms with Gasteiger partial charge < -0.3 is 15.3 Å². The van der Waals surface area contributed by atoms with E-state index >= 15 is 0 Å². The number of nitrogens with zero attached hydrogens (tertiary/aromatic N) is 2. The standard InChI is InChI=1S/C14H19N3O4/c1-2-15-13-6-5-11(17(20)21)9-12(13)14(19)16(7-8-18)10-3-4-10/h5-6,9-10,15,18H,2-4,7-8H2,1H3. The lowest BCUT2D eigenvalue weighted by atomic mass is 10.1. The molecule has 1 aliphatic carbocycles. The number of nitro groups is 1. The van der Waals surface area contributed by atoms with Crippen molar-refractivity contribution in [2.45, 2.75) is 25.8 Å². The van der Waals surface area contributed by atoms with E-state index in [0.717, 1.165) is 12.8 Å². The van der Waals surface area contributed by atoms with Gasteiger partial charge in [0.2, 0.25) is 0 Å². The third-order valence-electron chi connectivity index (χ3n) is 3.40. The minimum atomic E-state index is -0.514. The van der Waals surface area contributed by atoms with Gasteiger partial charge in [-0.25, -0.2) is 0 Å². The SMILES string of the molecule is CCNc1ccc([N+](=O)[O-])cc1C(=O)N(CCO)C1CC1. The molecule has 2 rings (SSSR count). The second-order valence-electron chi connectivity index (χ2n) is 4.97. The second-order valence-corrected chi connectivity index (χ2v) is 4.97. The highest BCUT2D eigenvalue weighted by molar-refractivity contribution is 6.00. The van der Waals surface area contributed by atoms with Crippen molar-refractivity contribution >= 4 is 17.3 Å². The smallest absolute Gasteiger partial charge is 0.270 e. The Morgan fingerprint density at radius 3 is 2.76 bits per heavy atom. The largest absolute Gasteiger partial charge is 0.395 e. The average Bonchev–Trinajstić information content (AvgIpc) is 3.29. The number of aliphatic hydroxyl groups is 1. The molecule has 7 heteroatoms. The van der Waals surface area contributed by atoms with E-state index in [1.165, 1.54) is 12.1 Å². The number of carbonyl (C=O) groups excluding carboxylic acids is 1. The van der Waals surface area contributed by atoms with Crippen LogP contribution in [0.15, 0.2) is 18.2 Å². The van der Waals surface area contributed by atoms with Gasteiger partial charge in [-0.3, -0.25) is 14.9 Å². The Morgan fingerprint density at radius 2 is 2.24 bits per heavy atom. The molecular formula is C14H19N3O4. The number of hydrogen-bond donors (Lipinski definition) is 2. The first-order valence-electron chi connectivity index (χ1n) is 7.02. The molecule has 1 aromatic rings. The van der Waals surface area contributed by atoms with Crippen LogP contribution in [0.4, 0.5) is 11.4 Å². The first-order chi connectivity index (χ1) is 10.1. The van der Waals surface area contributed by atoms with Crippen molar-refractivity contribution < 1.29 is 14.8 Å². The number of anilines is 1. The molecule has 0 radical (unpaired) electrons. The Balaban J connectivity index is 2.35. The molecule has 1 amide bonds. The van der Waals surface area contributed by atoms with Crippen LogP contribution in [0.25, 0.3) is 0 Å². The van der Waals surface area contributed by atoms with Crippen molar-refractivity contribution in [1.82, 2.24) is 4.90 Å². The lowest BCUT2D eigenvalue weighted by Gasteiger charge is -2.22. The molecule has 1 saturated carbocycles. The molecule has 1 fully saturated rings. The number of amides is 1. The van der Waals surface area contributed by atoms with Crippen LogP contribution in [0.5, 0.6) is 0 Å². The molecular weight excluding hydrogens is 274 g/mol. The van der Waals surface area contributed by atoms with E-state index in [9.17, 15) is 14.9 Å². The molecule has 0 aromatic heterocycles. The summed E-state index contributed by atoms with van der Waals surface area (Å²) >= 11 is 0. The summed E-state index contributed by atoms with van der Waals surface area (Å²) in [5.41, 5.74) is 0.753. The van der Waals surface area contributed by atoms with Crippen LogP contribution >= 0.6 is 0 Å². The summed E-state index contributed by atoms with van der Waals surface area (Å²) in [6.45, 7) is 2.63. The number of non-ortho nitro benzene ring substituents is 1. The fourth-order valence-electron chi connectivity index (χ4n) is 2.27. The molecule has 2 N–H and O–H groups in total. The third kappa shape index (κ3) is 3.49. The Kier molecular flexibility index (Phi) is 4.74. The van der Waals surface area contributed by atoms with Gasteiger partial charge in [-0.15, -0.1) is 0 Å². The molecule has 1 aromatic carbocycles. The van der Waals surface area contributed by atoms with Gasteiger partial charge in [0.05, 0.1) is 17.1 Å². The molecule has 0 bridgehead atoms. The molecule has 114 valence electrons. The highest BCUT2D eigenvalue weighted by atomic mass is 16.6. The predicted octanol–water partition coefficient (Wildman–Crippen LogP) is 1.62. The van der Waals surface area contributed by atoms with Gasteiger partial charge in [-0.05, 0) is 25.8 Å². The van der Waals surface area contributed by atoms with Crippen molar-refractivity contribution in [3.05, 3.63) is 33.9 Å². The summed E-state index contributed by atoms with van der Waals surface area (Å²) in [6.07, 6.45) is 1.83. The minimum absolute atomic E-state index is 0.111. The zero-order valence-electron chi connectivity index (χ0n) is 11.9. The van der Waals surface area contributed by atoms with Crippen LogP contribution in [0.3, 0.4) is 0 Å². The van der Waals surface area contributed by atoms with Crippen LogP contribution < -0.4 is 5.32 Å². The van der Waals surface area contributed by atoms with E-state index < -0.39 is 4.92 Å². The summed E-state index contributed by atoms with van der Waals surface area (Å²) < 4.78 is 0. The number of aliphatic hydroxyl groups excluding tert-OH is 1. The van der Waals surface area contributed by atoms with Gasteiger partial charge in [-0.2, -0.15) is 0 Å². The first kappa shape index (κ1) is 15.2. The van der Waals surface area contributed by atoms with Gasteiger partial charge >= 0.3 is 0 Å². The number of nitro benzene ring substituents is 1. The normalized spacial score (nSPS) is 13.8. The van der Waals surface area contributed by atoms with Gasteiger partial charge in [-0.1, -0.05) is 0 Å². The Morgan fingerprint density at radius 1 is 1.52 bits per heavy atom. The van der Waals surface area contributed by atoms with Crippen LogP contribution in [0.1, 0.15) is 30.1 Å². The zero-order chi connectivity index (χ0) is 15.4. The Hall–Kier alpha value is -2.15. The molecule has 0 aliphatic heterocycles. The van der Waals surface area contributed by atoms with Crippen molar-refractivity contribution in [3.8, 4) is 0 Å². The Labute approximate surface area is 122 Å². The molecule has 0 spiro atoms. The van der Waals surface area contributed by atoms with E-state index in [1.807, 2.05) is 6.92 Å². The number of nitrogens with one attached hydrogen (secondary N) is 1. The van der Waals surface area contributed by atoms with Crippen LogP contribution in [-0.4, -0.2) is 46.6 Å². The molecule has 0 heterocycles. The summed E-state index contributed by atoms with van der Waals surface area (Å²) in [4.78, 5) is 24.6. The molecule has 0 atom stereocenters. The highest BCUT2D eigenvalue weighted by Gasteiger charge is 2.34. The van der Waals surface area contributed by atoms with Crippen molar-refractivity contribution in [3.63, 3.8) is 0 Å². The number of hydrogen-bond acceptors (Lipinski definition) is 5. The first-order valence-corrected chi connectivity index (χ1v) is 7.02. The molecule has 1 aliphatic rings. The lowest BCUT2D eigenvalue weighted by Crippen LogP contribution is -2.36. The third-order valence-corrected chi connectivity index (χ3v) is 3.40. The summed E-state index contributed by atoms with van der Waals surface area (Å²) in [5.74, 6) is -0.272. The Bertz CT molecular complexity index is 543. The maximum Gasteiger partial charge on any atom is 0.270 e. The van der Waals surface area contributed by atoms with Gasteiger partial charge in [0, 0.05) is 37.0 Å². The lowest BCUT2D eigenvalue weighted by molar-refractivity contribution is -0.384. The van der Waals surface area contributed by atoms with E-state index in [0.29, 0.717) is 12.2 Å². The quantitative estimate of drug-likeness (QED) is 0.588. The van der Waals surface area contributed by atoms with Gasteiger partial charge in [0.1, 0.15) is 0 Å². The topological polar surface area (TPSA) is 95.7 Å². The predicted molar refractivity (Wildman–Crippen MR) is 78.4 cm³/mol. The molecule has 0 unspecified atom stereocenters. The average molecular weight is 293 g/mol.